The molecule has 0 saturated carbocycles. The van der Waals surface area contributed by atoms with Crippen molar-refractivity contribution in [2.24, 2.45) is 0 Å². The Morgan fingerprint density at radius 1 is 0.541 bits per heavy atom. The summed E-state index contributed by atoms with van der Waals surface area (Å²) in [4.78, 5) is 13.0. The molecular formula is C52H97NO8. The lowest BCUT2D eigenvalue weighted by Crippen LogP contribution is -2.60. The van der Waals surface area contributed by atoms with Crippen LogP contribution in [0.4, 0.5) is 0 Å². The molecule has 0 bridgehead atoms. The van der Waals surface area contributed by atoms with Crippen LogP contribution in [0.2, 0.25) is 0 Å². The van der Waals surface area contributed by atoms with Crippen molar-refractivity contribution >= 4 is 5.91 Å². The van der Waals surface area contributed by atoms with E-state index in [2.05, 4.69) is 43.5 Å². The number of carbonyl (C=O) groups excluding carboxylic acids is 1. The molecule has 0 spiro atoms. The van der Waals surface area contributed by atoms with Gasteiger partial charge in [0.2, 0.25) is 5.91 Å². The minimum atomic E-state index is -1.57. The molecule has 61 heavy (non-hydrogen) atoms. The van der Waals surface area contributed by atoms with E-state index in [9.17, 15) is 30.3 Å². The lowest BCUT2D eigenvalue weighted by atomic mass is 9.99. The maximum Gasteiger partial charge on any atom is 0.220 e. The number of aliphatic hydroxyl groups is 5. The summed E-state index contributed by atoms with van der Waals surface area (Å²) in [6.07, 6.45) is 46.2. The van der Waals surface area contributed by atoms with Crippen molar-refractivity contribution in [1.29, 1.82) is 0 Å². The first-order valence-electron chi connectivity index (χ1n) is 25.7. The quantitative estimate of drug-likeness (QED) is 0.0262. The summed E-state index contributed by atoms with van der Waals surface area (Å²) < 4.78 is 11.2. The highest BCUT2D eigenvalue weighted by Crippen LogP contribution is 2.23. The summed E-state index contributed by atoms with van der Waals surface area (Å²) in [6.45, 7) is 3.77. The number of hydrogen-bond donors (Lipinski definition) is 6. The summed E-state index contributed by atoms with van der Waals surface area (Å²) in [5.41, 5.74) is 0. The largest absolute Gasteiger partial charge is 0.394 e. The summed E-state index contributed by atoms with van der Waals surface area (Å²) in [7, 11) is 0. The first-order chi connectivity index (χ1) is 29.8. The molecule has 9 nitrogen and oxygen atoms in total. The van der Waals surface area contributed by atoms with E-state index < -0.39 is 49.5 Å². The molecule has 1 rings (SSSR count). The van der Waals surface area contributed by atoms with Gasteiger partial charge < -0.3 is 40.3 Å². The van der Waals surface area contributed by atoms with Gasteiger partial charge in [0.05, 0.1) is 25.4 Å². The zero-order valence-corrected chi connectivity index (χ0v) is 39.4. The third kappa shape index (κ3) is 32.7. The standard InChI is InChI=1S/C52H97NO8/c1-3-5-7-9-11-13-15-17-19-21-22-23-24-26-27-29-31-33-35-37-39-41-46(55)45(44-60-52-51(59)50(58)49(57)47(43-54)61-52)53-48(56)42-40-38-36-34-32-30-28-25-20-18-16-14-12-10-8-6-4-2/h18,20,31,33,39,41,45-47,49-52,54-55,57-59H,3-17,19,21-30,32,34-38,40,42-44H2,1-2H3,(H,53,56)/b20-18-,33-31+,41-39+. The number of aliphatic hydroxyl groups excluding tert-OH is 5. The van der Waals surface area contributed by atoms with Crippen molar-refractivity contribution in [3.8, 4) is 0 Å². The van der Waals surface area contributed by atoms with Crippen LogP contribution < -0.4 is 5.32 Å². The minimum absolute atomic E-state index is 0.190. The van der Waals surface area contributed by atoms with E-state index in [1.54, 1.807) is 6.08 Å². The Labute approximate surface area is 374 Å². The van der Waals surface area contributed by atoms with Crippen LogP contribution in [0.15, 0.2) is 36.5 Å². The Morgan fingerprint density at radius 2 is 0.934 bits per heavy atom. The first-order valence-corrected chi connectivity index (χ1v) is 25.7. The van der Waals surface area contributed by atoms with E-state index in [0.717, 1.165) is 51.4 Å². The highest BCUT2D eigenvalue weighted by Gasteiger charge is 2.44. The molecule has 0 aromatic rings. The van der Waals surface area contributed by atoms with Gasteiger partial charge >= 0.3 is 0 Å². The van der Waals surface area contributed by atoms with Crippen molar-refractivity contribution in [1.82, 2.24) is 5.32 Å². The van der Waals surface area contributed by atoms with Gasteiger partial charge in [-0.05, 0) is 57.8 Å². The first kappa shape index (κ1) is 57.4. The zero-order chi connectivity index (χ0) is 44.4. The summed E-state index contributed by atoms with van der Waals surface area (Å²) in [5, 5.41) is 54.3. The second-order valence-electron chi connectivity index (χ2n) is 18.0. The summed E-state index contributed by atoms with van der Waals surface area (Å²) in [5.74, 6) is -0.190. The van der Waals surface area contributed by atoms with Gasteiger partial charge in [-0.2, -0.15) is 0 Å². The fourth-order valence-corrected chi connectivity index (χ4v) is 8.05. The summed E-state index contributed by atoms with van der Waals surface area (Å²) in [6, 6.07) is -0.823. The van der Waals surface area contributed by atoms with Gasteiger partial charge in [-0.3, -0.25) is 4.79 Å². The molecule has 1 aliphatic heterocycles. The Bertz CT molecular complexity index is 1050. The SMILES string of the molecule is CCCCCCCC/C=C\CCCCCCCCCC(=O)NC(COC1OC(CO)C(O)C(O)C1O)C(O)/C=C/CC/C=C/CCCCCCCCCCCCCCCCC. The van der Waals surface area contributed by atoms with Crippen LogP contribution in [-0.4, -0.2) is 87.5 Å². The molecule has 1 heterocycles. The molecule has 358 valence electrons. The van der Waals surface area contributed by atoms with E-state index in [0.29, 0.717) is 6.42 Å². The number of carbonyl (C=O) groups is 1. The van der Waals surface area contributed by atoms with Crippen LogP contribution >= 0.6 is 0 Å². The lowest BCUT2D eigenvalue weighted by molar-refractivity contribution is -0.302. The maximum absolute atomic E-state index is 13.0. The van der Waals surface area contributed by atoms with E-state index in [1.165, 1.54) is 161 Å². The Hall–Kier alpha value is -1.59. The van der Waals surface area contributed by atoms with Crippen molar-refractivity contribution in [2.75, 3.05) is 13.2 Å². The average Bonchev–Trinajstić information content (AvgIpc) is 3.26. The number of ether oxygens (including phenoxy) is 2. The maximum atomic E-state index is 13.0. The highest BCUT2D eigenvalue weighted by atomic mass is 16.7. The number of rotatable bonds is 43. The molecule has 1 fully saturated rings. The third-order valence-corrected chi connectivity index (χ3v) is 12.2. The molecule has 0 aromatic carbocycles. The average molecular weight is 864 g/mol. The van der Waals surface area contributed by atoms with Gasteiger partial charge in [-0.15, -0.1) is 0 Å². The summed E-state index contributed by atoms with van der Waals surface area (Å²) >= 11 is 0. The molecular weight excluding hydrogens is 767 g/mol. The van der Waals surface area contributed by atoms with Crippen molar-refractivity contribution in [3.05, 3.63) is 36.5 Å². The van der Waals surface area contributed by atoms with E-state index in [4.69, 9.17) is 9.47 Å². The number of allylic oxidation sites excluding steroid dienone is 5. The number of nitrogens with one attached hydrogen (secondary N) is 1. The molecule has 0 aliphatic carbocycles. The molecule has 1 amide bonds. The van der Waals surface area contributed by atoms with Crippen LogP contribution in [0.1, 0.15) is 232 Å². The van der Waals surface area contributed by atoms with Gasteiger partial charge in [0, 0.05) is 6.42 Å². The molecule has 0 aromatic heterocycles. The highest BCUT2D eigenvalue weighted by molar-refractivity contribution is 5.76. The smallest absolute Gasteiger partial charge is 0.220 e. The second-order valence-corrected chi connectivity index (χ2v) is 18.0. The number of amides is 1. The van der Waals surface area contributed by atoms with Crippen LogP contribution in [0, 0.1) is 0 Å². The zero-order valence-electron chi connectivity index (χ0n) is 39.4. The predicted octanol–water partition coefficient (Wildman–Crippen LogP) is 11.6. The van der Waals surface area contributed by atoms with Gasteiger partial charge in [0.25, 0.3) is 0 Å². The Morgan fingerprint density at radius 3 is 1.38 bits per heavy atom. The second kappa shape index (κ2) is 42.4. The van der Waals surface area contributed by atoms with E-state index in [-0.39, 0.29) is 12.5 Å². The normalized spacial score (nSPS) is 20.7. The third-order valence-electron chi connectivity index (χ3n) is 12.2. The van der Waals surface area contributed by atoms with Crippen LogP contribution in [0.25, 0.3) is 0 Å². The number of hydrogen-bond acceptors (Lipinski definition) is 8. The Balaban J connectivity index is 2.32. The molecule has 7 unspecified atom stereocenters. The molecule has 1 aliphatic rings. The van der Waals surface area contributed by atoms with Gasteiger partial charge in [0.1, 0.15) is 24.4 Å². The molecule has 6 N–H and O–H groups in total. The van der Waals surface area contributed by atoms with Gasteiger partial charge in [-0.1, -0.05) is 204 Å². The van der Waals surface area contributed by atoms with Crippen molar-refractivity contribution < 1.29 is 39.8 Å². The van der Waals surface area contributed by atoms with Crippen molar-refractivity contribution in [3.63, 3.8) is 0 Å². The van der Waals surface area contributed by atoms with E-state index in [1.807, 2.05) is 6.08 Å². The minimum Gasteiger partial charge on any atom is -0.394 e. The Kier molecular flexibility index (Phi) is 39.9. The van der Waals surface area contributed by atoms with Gasteiger partial charge in [0.15, 0.2) is 6.29 Å². The monoisotopic (exact) mass is 864 g/mol. The molecule has 0 radical (unpaired) electrons. The van der Waals surface area contributed by atoms with Gasteiger partial charge in [-0.25, -0.2) is 0 Å². The van der Waals surface area contributed by atoms with Crippen LogP contribution in [0.3, 0.4) is 0 Å². The van der Waals surface area contributed by atoms with E-state index >= 15 is 0 Å². The molecule has 1 saturated heterocycles. The van der Waals surface area contributed by atoms with Crippen LogP contribution in [-0.2, 0) is 14.3 Å². The molecule has 7 atom stereocenters. The van der Waals surface area contributed by atoms with Crippen molar-refractivity contribution in [2.45, 2.75) is 275 Å². The number of unbranched alkanes of at least 4 members (excludes halogenated alkanes) is 29. The lowest BCUT2D eigenvalue weighted by Gasteiger charge is -2.40. The molecule has 9 heteroatoms. The predicted molar refractivity (Wildman–Crippen MR) is 253 cm³/mol. The fourth-order valence-electron chi connectivity index (χ4n) is 8.05. The fraction of sp³-hybridized carbons (Fsp3) is 0.865. The van der Waals surface area contributed by atoms with Crippen LogP contribution in [0.5, 0.6) is 0 Å². The topological polar surface area (TPSA) is 149 Å².